The molecule has 0 bridgehead atoms. The lowest BCUT2D eigenvalue weighted by molar-refractivity contribution is -0.150. The molecule has 0 aliphatic heterocycles. The van der Waals surface area contributed by atoms with E-state index in [2.05, 4.69) is 0 Å². The molecule has 0 N–H and O–H groups in total. The van der Waals surface area contributed by atoms with E-state index >= 15 is 0 Å². The number of ether oxygens (including phenoxy) is 2. The van der Waals surface area contributed by atoms with Crippen LogP contribution in [0.15, 0.2) is 17.5 Å². The summed E-state index contributed by atoms with van der Waals surface area (Å²) in [7, 11) is 0. The number of carbonyl (C=O) groups excluding carboxylic acids is 3. The first-order chi connectivity index (χ1) is 11.0. The highest BCUT2D eigenvalue weighted by Crippen LogP contribution is 2.38. The van der Waals surface area contributed by atoms with Crippen LogP contribution in [-0.4, -0.2) is 30.7 Å². The van der Waals surface area contributed by atoms with E-state index in [0.717, 1.165) is 4.88 Å². The quantitative estimate of drug-likeness (QED) is 0.661. The number of carbonyl (C=O) groups is 3. The average Bonchev–Trinajstić information content (AvgIpc) is 3.18. The van der Waals surface area contributed by atoms with Gasteiger partial charge in [0.15, 0.2) is 5.78 Å². The van der Waals surface area contributed by atoms with Crippen molar-refractivity contribution in [2.45, 2.75) is 20.0 Å². The highest BCUT2D eigenvalue weighted by molar-refractivity contribution is 7.17. The minimum atomic E-state index is -0.435. The van der Waals surface area contributed by atoms with Gasteiger partial charge in [0.1, 0.15) is 6.61 Å². The Morgan fingerprint density at radius 2 is 2.00 bits per heavy atom. The second-order valence-electron chi connectivity index (χ2n) is 4.97. The second-order valence-corrected chi connectivity index (χ2v) is 6.97. The normalized spacial score (nSPS) is 14.3. The predicted molar refractivity (Wildman–Crippen MR) is 86.5 cm³/mol. The standard InChI is InChI=1S/C16H14O5S2/c1-3-20-12(17)7-21-8(2)11-6-10-13(18)9-4-5-22-15(9)14(19)16(10)23-11/h4-6,8H,3,7H2,1-2H3. The highest BCUT2D eigenvalue weighted by atomic mass is 32.1. The zero-order chi connectivity index (χ0) is 16.6. The molecule has 1 aliphatic rings. The zero-order valence-corrected chi connectivity index (χ0v) is 14.2. The van der Waals surface area contributed by atoms with Gasteiger partial charge in [-0.2, -0.15) is 0 Å². The van der Waals surface area contributed by atoms with E-state index in [4.69, 9.17) is 9.47 Å². The maximum absolute atomic E-state index is 12.5. The Bertz CT molecular complexity index is 738. The van der Waals surface area contributed by atoms with E-state index in [1.165, 1.54) is 22.7 Å². The van der Waals surface area contributed by atoms with Gasteiger partial charge in [-0.3, -0.25) is 9.59 Å². The van der Waals surface area contributed by atoms with Crippen molar-refractivity contribution in [3.8, 4) is 0 Å². The molecule has 0 saturated heterocycles. The second kappa shape index (κ2) is 6.35. The van der Waals surface area contributed by atoms with Crippen molar-refractivity contribution in [2.24, 2.45) is 0 Å². The van der Waals surface area contributed by atoms with Gasteiger partial charge in [-0.25, -0.2) is 4.79 Å². The van der Waals surface area contributed by atoms with Crippen molar-refractivity contribution in [1.82, 2.24) is 0 Å². The summed E-state index contributed by atoms with van der Waals surface area (Å²) in [6.45, 7) is 3.65. The van der Waals surface area contributed by atoms with Crippen LogP contribution in [0.5, 0.6) is 0 Å². The van der Waals surface area contributed by atoms with E-state index in [1.807, 2.05) is 0 Å². The van der Waals surface area contributed by atoms with Crippen molar-refractivity contribution in [3.05, 3.63) is 43.3 Å². The third-order valence-electron chi connectivity index (χ3n) is 3.48. The monoisotopic (exact) mass is 350 g/mol. The molecular weight excluding hydrogens is 336 g/mol. The van der Waals surface area contributed by atoms with Crippen molar-refractivity contribution < 1.29 is 23.9 Å². The summed E-state index contributed by atoms with van der Waals surface area (Å²) in [6, 6.07) is 3.37. The van der Waals surface area contributed by atoms with Crippen LogP contribution >= 0.6 is 22.7 Å². The van der Waals surface area contributed by atoms with Crippen LogP contribution < -0.4 is 0 Å². The Hall–Kier alpha value is -1.83. The van der Waals surface area contributed by atoms with E-state index in [-0.39, 0.29) is 18.2 Å². The van der Waals surface area contributed by atoms with Crippen molar-refractivity contribution in [2.75, 3.05) is 13.2 Å². The SMILES string of the molecule is CCOC(=O)COC(C)c1cc2c(s1)C(=O)c1sccc1C2=O. The molecule has 2 heterocycles. The van der Waals surface area contributed by atoms with Crippen molar-refractivity contribution in [1.29, 1.82) is 0 Å². The van der Waals surface area contributed by atoms with Gasteiger partial charge in [0, 0.05) is 16.0 Å². The molecule has 0 amide bonds. The van der Waals surface area contributed by atoms with Gasteiger partial charge in [-0.05, 0) is 31.4 Å². The lowest BCUT2D eigenvalue weighted by atomic mass is 9.95. The molecule has 120 valence electrons. The first-order valence-corrected chi connectivity index (χ1v) is 8.80. The fraction of sp³-hybridized carbons (Fsp3) is 0.312. The number of ketones is 2. The Morgan fingerprint density at radius 3 is 2.74 bits per heavy atom. The third kappa shape index (κ3) is 2.87. The Kier molecular flexibility index (Phi) is 4.43. The summed E-state index contributed by atoms with van der Waals surface area (Å²) < 4.78 is 10.3. The molecule has 5 nitrogen and oxygen atoms in total. The fourth-order valence-electron chi connectivity index (χ4n) is 2.34. The molecule has 0 radical (unpaired) electrons. The average molecular weight is 350 g/mol. The van der Waals surface area contributed by atoms with Gasteiger partial charge in [0.05, 0.1) is 22.5 Å². The van der Waals surface area contributed by atoms with Gasteiger partial charge in [0.25, 0.3) is 0 Å². The molecule has 23 heavy (non-hydrogen) atoms. The summed E-state index contributed by atoms with van der Waals surface area (Å²) in [5.74, 6) is -0.676. The summed E-state index contributed by atoms with van der Waals surface area (Å²) in [5, 5.41) is 1.75. The molecule has 1 atom stereocenters. The maximum atomic E-state index is 12.5. The predicted octanol–water partition coefficient (Wildman–Crippen LogP) is 3.23. The molecule has 0 aromatic carbocycles. The highest BCUT2D eigenvalue weighted by Gasteiger charge is 2.33. The molecule has 1 aliphatic carbocycles. The van der Waals surface area contributed by atoms with Crippen LogP contribution in [0.3, 0.4) is 0 Å². The van der Waals surface area contributed by atoms with Crippen molar-refractivity contribution >= 4 is 40.2 Å². The summed E-state index contributed by atoms with van der Waals surface area (Å²) >= 11 is 2.53. The van der Waals surface area contributed by atoms with Gasteiger partial charge in [-0.1, -0.05) is 0 Å². The number of fused-ring (bicyclic) bond motifs is 2. The van der Waals surface area contributed by atoms with Gasteiger partial charge in [0.2, 0.25) is 5.78 Å². The lowest BCUT2D eigenvalue weighted by Crippen LogP contribution is -2.15. The summed E-state index contributed by atoms with van der Waals surface area (Å²) in [6.07, 6.45) is -0.395. The van der Waals surface area contributed by atoms with E-state index in [9.17, 15) is 14.4 Å². The van der Waals surface area contributed by atoms with Gasteiger partial charge in [-0.15, -0.1) is 22.7 Å². The largest absolute Gasteiger partial charge is 0.464 e. The van der Waals surface area contributed by atoms with Crippen molar-refractivity contribution in [3.63, 3.8) is 0 Å². The lowest BCUT2D eigenvalue weighted by Gasteiger charge is -2.10. The topological polar surface area (TPSA) is 69.7 Å². The van der Waals surface area contributed by atoms with Crippen LogP contribution in [-0.2, 0) is 14.3 Å². The van der Waals surface area contributed by atoms with Crippen LogP contribution in [0.2, 0.25) is 0 Å². The first kappa shape index (κ1) is 16.0. The number of esters is 1. The van der Waals surface area contributed by atoms with E-state index in [0.29, 0.717) is 27.5 Å². The molecule has 3 rings (SSSR count). The van der Waals surface area contributed by atoms with Crippen LogP contribution in [0.1, 0.15) is 55.3 Å². The summed E-state index contributed by atoms with van der Waals surface area (Å²) in [5.41, 5.74) is 0.893. The number of hydrogen-bond donors (Lipinski definition) is 0. The molecule has 2 aromatic heterocycles. The fourth-order valence-corrected chi connectivity index (χ4v) is 4.34. The molecule has 2 aromatic rings. The number of rotatable bonds is 5. The molecule has 1 unspecified atom stereocenters. The van der Waals surface area contributed by atoms with E-state index < -0.39 is 12.1 Å². The minimum absolute atomic E-state index is 0.113. The zero-order valence-electron chi connectivity index (χ0n) is 12.6. The molecule has 0 saturated carbocycles. The number of hydrogen-bond acceptors (Lipinski definition) is 7. The van der Waals surface area contributed by atoms with Gasteiger partial charge >= 0.3 is 5.97 Å². The third-order valence-corrected chi connectivity index (χ3v) is 5.68. The van der Waals surface area contributed by atoms with Crippen LogP contribution in [0.4, 0.5) is 0 Å². The number of thiophene rings is 2. The summed E-state index contributed by atoms with van der Waals surface area (Å²) in [4.78, 5) is 37.9. The Labute approximate surface area is 140 Å². The minimum Gasteiger partial charge on any atom is -0.464 e. The molecular formula is C16H14O5S2. The molecule has 0 fully saturated rings. The first-order valence-electron chi connectivity index (χ1n) is 7.10. The maximum Gasteiger partial charge on any atom is 0.332 e. The Balaban J connectivity index is 1.81. The Morgan fingerprint density at radius 1 is 1.22 bits per heavy atom. The van der Waals surface area contributed by atoms with Crippen LogP contribution in [0.25, 0.3) is 0 Å². The molecule has 0 spiro atoms. The van der Waals surface area contributed by atoms with Crippen LogP contribution in [0, 0.1) is 0 Å². The smallest absolute Gasteiger partial charge is 0.332 e. The van der Waals surface area contributed by atoms with E-state index in [1.54, 1.807) is 31.4 Å². The van der Waals surface area contributed by atoms with Gasteiger partial charge < -0.3 is 9.47 Å². The molecule has 7 heteroatoms.